The monoisotopic (exact) mass is 255 g/mol. The van der Waals surface area contributed by atoms with E-state index in [2.05, 4.69) is 36.3 Å². The van der Waals surface area contributed by atoms with Crippen molar-refractivity contribution in [2.75, 3.05) is 26.7 Å². The molecule has 0 aromatic rings. The van der Waals surface area contributed by atoms with Crippen molar-refractivity contribution in [1.82, 2.24) is 15.5 Å². The van der Waals surface area contributed by atoms with Crippen LogP contribution in [0.25, 0.3) is 0 Å². The predicted molar refractivity (Wildman–Crippen MR) is 75.6 cm³/mol. The molecule has 0 radical (unpaired) electrons. The van der Waals surface area contributed by atoms with Crippen LogP contribution in [-0.4, -0.2) is 49.1 Å². The van der Waals surface area contributed by atoms with Crippen LogP contribution in [0.1, 0.15) is 40.5 Å². The molecule has 0 saturated carbocycles. The zero-order chi connectivity index (χ0) is 13.8. The Morgan fingerprint density at radius 1 is 1.33 bits per heavy atom. The Balaban J connectivity index is 2.33. The summed E-state index contributed by atoms with van der Waals surface area (Å²) in [5, 5.41) is 6.21. The molecule has 106 valence electrons. The molecular weight excluding hydrogens is 226 g/mol. The first-order valence-corrected chi connectivity index (χ1v) is 7.04. The van der Waals surface area contributed by atoms with E-state index in [0.29, 0.717) is 6.04 Å². The topological polar surface area (TPSA) is 44.4 Å². The molecule has 1 saturated heterocycles. The lowest BCUT2D eigenvalue weighted by molar-refractivity contribution is -0.125. The zero-order valence-electron chi connectivity index (χ0n) is 12.5. The average Bonchev–Trinajstić information content (AvgIpc) is 2.28. The van der Waals surface area contributed by atoms with E-state index in [4.69, 9.17) is 0 Å². The van der Waals surface area contributed by atoms with Gasteiger partial charge in [-0.1, -0.05) is 6.92 Å². The van der Waals surface area contributed by atoms with Gasteiger partial charge in [0.25, 0.3) is 0 Å². The third kappa shape index (κ3) is 4.58. The second kappa shape index (κ2) is 6.53. The van der Waals surface area contributed by atoms with Gasteiger partial charge < -0.3 is 10.6 Å². The highest BCUT2D eigenvalue weighted by atomic mass is 16.1. The molecule has 1 unspecified atom stereocenters. The van der Waals surface area contributed by atoms with Crippen LogP contribution >= 0.6 is 0 Å². The van der Waals surface area contributed by atoms with Crippen LogP contribution < -0.4 is 10.6 Å². The summed E-state index contributed by atoms with van der Waals surface area (Å²) in [5.41, 5.74) is 0.244. The summed E-state index contributed by atoms with van der Waals surface area (Å²) in [6, 6.07) is 0.357. The number of nitrogens with one attached hydrogen (secondary N) is 2. The zero-order valence-corrected chi connectivity index (χ0v) is 12.5. The summed E-state index contributed by atoms with van der Waals surface area (Å²) in [6.07, 6.45) is 2.13. The van der Waals surface area contributed by atoms with Gasteiger partial charge in [-0.15, -0.1) is 0 Å². The molecule has 1 aliphatic heterocycles. The Hall–Kier alpha value is -0.610. The molecule has 0 bridgehead atoms. The highest BCUT2D eigenvalue weighted by molar-refractivity contribution is 5.78. The Labute approximate surface area is 111 Å². The van der Waals surface area contributed by atoms with Crippen LogP contribution in [0.4, 0.5) is 0 Å². The number of hydrogen-bond acceptors (Lipinski definition) is 3. The number of carbonyl (C=O) groups is 1. The van der Waals surface area contributed by atoms with Crippen LogP contribution in [0.3, 0.4) is 0 Å². The van der Waals surface area contributed by atoms with Gasteiger partial charge in [0.2, 0.25) is 5.91 Å². The van der Waals surface area contributed by atoms with Gasteiger partial charge in [-0.05, 0) is 40.7 Å². The van der Waals surface area contributed by atoms with Crippen LogP contribution in [0.5, 0.6) is 0 Å². The number of rotatable bonds is 4. The van der Waals surface area contributed by atoms with Crippen LogP contribution in [-0.2, 0) is 4.79 Å². The summed E-state index contributed by atoms with van der Waals surface area (Å²) in [7, 11) is 1.88. The summed E-state index contributed by atoms with van der Waals surface area (Å²) in [4.78, 5) is 14.4. The number of carbonyl (C=O) groups excluding carboxylic acids is 1. The number of nitrogens with zero attached hydrogens (tertiary/aromatic N) is 1. The molecule has 0 aromatic carbocycles. The lowest BCUT2D eigenvalue weighted by Gasteiger charge is -2.41. The van der Waals surface area contributed by atoms with Crippen molar-refractivity contribution in [3.8, 4) is 0 Å². The molecular formula is C14H29N3O. The first kappa shape index (κ1) is 15.4. The standard InChI is InChI=1S/C14H29N3O/c1-11(10-15-5)13(18)16-12-6-8-17(9-7-12)14(2,3)4/h11-12,15H,6-10H2,1-5H3,(H,16,18). The van der Waals surface area contributed by atoms with Crippen molar-refractivity contribution in [1.29, 1.82) is 0 Å². The number of amides is 1. The first-order valence-electron chi connectivity index (χ1n) is 7.04. The third-order valence-electron chi connectivity index (χ3n) is 3.75. The number of hydrogen-bond donors (Lipinski definition) is 2. The molecule has 0 spiro atoms. The van der Waals surface area contributed by atoms with Crippen LogP contribution in [0.15, 0.2) is 0 Å². The summed E-state index contributed by atoms with van der Waals surface area (Å²) < 4.78 is 0. The fourth-order valence-corrected chi connectivity index (χ4v) is 2.44. The van der Waals surface area contributed by atoms with E-state index in [1.807, 2.05) is 14.0 Å². The highest BCUT2D eigenvalue weighted by Crippen LogP contribution is 2.20. The van der Waals surface area contributed by atoms with E-state index >= 15 is 0 Å². The minimum atomic E-state index is 0.0515. The minimum absolute atomic E-state index is 0.0515. The molecule has 4 heteroatoms. The van der Waals surface area contributed by atoms with Crippen LogP contribution in [0, 0.1) is 5.92 Å². The maximum atomic E-state index is 11.9. The fraction of sp³-hybridized carbons (Fsp3) is 0.929. The Kier molecular flexibility index (Phi) is 5.60. The number of likely N-dealkylation sites (tertiary alicyclic amines) is 1. The highest BCUT2D eigenvalue weighted by Gasteiger charge is 2.28. The van der Waals surface area contributed by atoms with E-state index < -0.39 is 0 Å². The molecule has 1 atom stereocenters. The van der Waals surface area contributed by atoms with E-state index in [9.17, 15) is 4.79 Å². The Morgan fingerprint density at radius 2 is 1.89 bits per heavy atom. The minimum Gasteiger partial charge on any atom is -0.353 e. The molecule has 1 rings (SSSR count). The molecule has 2 N–H and O–H groups in total. The quantitative estimate of drug-likeness (QED) is 0.794. The van der Waals surface area contributed by atoms with Crippen molar-refractivity contribution in [2.24, 2.45) is 5.92 Å². The summed E-state index contributed by atoms with van der Waals surface area (Å²) in [6.45, 7) is 11.6. The maximum Gasteiger partial charge on any atom is 0.224 e. The average molecular weight is 255 g/mol. The van der Waals surface area contributed by atoms with E-state index in [-0.39, 0.29) is 17.4 Å². The lowest BCUT2D eigenvalue weighted by Crippen LogP contribution is -2.51. The Bertz CT molecular complexity index is 265. The molecule has 0 aromatic heterocycles. The molecule has 1 amide bonds. The summed E-state index contributed by atoms with van der Waals surface area (Å²) in [5.74, 6) is 0.231. The molecule has 4 nitrogen and oxygen atoms in total. The van der Waals surface area contributed by atoms with E-state index in [1.165, 1.54) is 0 Å². The van der Waals surface area contributed by atoms with Crippen LogP contribution in [0.2, 0.25) is 0 Å². The van der Waals surface area contributed by atoms with E-state index in [1.54, 1.807) is 0 Å². The third-order valence-corrected chi connectivity index (χ3v) is 3.75. The lowest BCUT2D eigenvalue weighted by atomic mass is 9.97. The summed E-state index contributed by atoms with van der Waals surface area (Å²) >= 11 is 0. The normalized spacial score (nSPS) is 20.7. The largest absolute Gasteiger partial charge is 0.353 e. The van der Waals surface area contributed by atoms with E-state index in [0.717, 1.165) is 32.5 Å². The van der Waals surface area contributed by atoms with Gasteiger partial charge in [-0.3, -0.25) is 9.69 Å². The SMILES string of the molecule is CNCC(C)C(=O)NC1CCN(C(C)(C)C)CC1. The van der Waals surface area contributed by atoms with Gasteiger partial charge in [0.05, 0.1) is 0 Å². The second-order valence-electron chi connectivity index (χ2n) is 6.40. The van der Waals surface area contributed by atoms with Crippen molar-refractivity contribution < 1.29 is 4.79 Å². The van der Waals surface area contributed by atoms with Gasteiger partial charge >= 0.3 is 0 Å². The maximum absolute atomic E-state index is 11.9. The number of piperidine rings is 1. The Morgan fingerprint density at radius 3 is 2.33 bits per heavy atom. The van der Waals surface area contributed by atoms with Crippen molar-refractivity contribution in [2.45, 2.75) is 52.1 Å². The van der Waals surface area contributed by atoms with Gasteiger partial charge in [0.1, 0.15) is 0 Å². The molecule has 1 fully saturated rings. The fourth-order valence-electron chi connectivity index (χ4n) is 2.44. The first-order chi connectivity index (χ1) is 8.34. The van der Waals surface area contributed by atoms with Gasteiger partial charge in [0, 0.05) is 37.1 Å². The molecule has 1 aliphatic rings. The van der Waals surface area contributed by atoms with Crippen molar-refractivity contribution in [3.63, 3.8) is 0 Å². The second-order valence-corrected chi connectivity index (χ2v) is 6.40. The van der Waals surface area contributed by atoms with Crippen molar-refractivity contribution >= 4 is 5.91 Å². The predicted octanol–water partition coefficient (Wildman–Crippen LogP) is 1.22. The molecule has 1 heterocycles. The smallest absolute Gasteiger partial charge is 0.224 e. The molecule has 18 heavy (non-hydrogen) atoms. The molecule has 0 aliphatic carbocycles. The van der Waals surface area contributed by atoms with Gasteiger partial charge in [-0.2, -0.15) is 0 Å². The van der Waals surface area contributed by atoms with Gasteiger partial charge in [0.15, 0.2) is 0 Å². The van der Waals surface area contributed by atoms with Crippen molar-refractivity contribution in [3.05, 3.63) is 0 Å². The van der Waals surface area contributed by atoms with Gasteiger partial charge in [-0.25, -0.2) is 0 Å².